The lowest BCUT2D eigenvalue weighted by molar-refractivity contribution is -0.167. The first-order valence-corrected chi connectivity index (χ1v) is 24.1. The number of hydrogen-bond acceptors (Lipinski definition) is 6. The van der Waals surface area contributed by atoms with Gasteiger partial charge in [0.1, 0.15) is 13.2 Å². The summed E-state index contributed by atoms with van der Waals surface area (Å²) in [4.78, 5) is 37.8. The Bertz CT molecular complexity index is 854. The van der Waals surface area contributed by atoms with Gasteiger partial charge in [0, 0.05) is 19.3 Å². The fourth-order valence-electron chi connectivity index (χ4n) is 7.20. The van der Waals surface area contributed by atoms with Crippen LogP contribution in [0.2, 0.25) is 0 Å². The highest BCUT2D eigenvalue weighted by Gasteiger charge is 2.19. The fourth-order valence-corrected chi connectivity index (χ4v) is 7.20. The van der Waals surface area contributed by atoms with Crippen LogP contribution in [0.4, 0.5) is 0 Å². The van der Waals surface area contributed by atoms with Crippen molar-refractivity contribution < 1.29 is 28.6 Å². The molecule has 0 N–H and O–H groups in total. The van der Waals surface area contributed by atoms with Gasteiger partial charge in [-0.05, 0) is 37.0 Å². The van der Waals surface area contributed by atoms with Crippen LogP contribution in [0, 0.1) is 17.8 Å². The predicted octanol–water partition coefficient (Wildman–Crippen LogP) is 15.2. The molecule has 0 bridgehead atoms. The van der Waals surface area contributed by atoms with Crippen LogP contribution in [-0.4, -0.2) is 37.2 Å². The third kappa shape index (κ3) is 41.9. The molecule has 0 radical (unpaired) electrons. The number of unbranched alkanes of at least 4 members (excludes halogenated alkanes) is 24. The van der Waals surface area contributed by atoms with Crippen LogP contribution in [0.5, 0.6) is 0 Å². The molecule has 0 aliphatic heterocycles. The summed E-state index contributed by atoms with van der Waals surface area (Å²) in [6.45, 7) is 13.7. The second-order valence-electron chi connectivity index (χ2n) is 17.9. The van der Waals surface area contributed by atoms with Gasteiger partial charge in [-0.3, -0.25) is 14.4 Å². The molecule has 326 valence electrons. The van der Waals surface area contributed by atoms with Crippen molar-refractivity contribution in [3.05, 3.63) is 0 Å². The van der Waals surface area contributed by atoms with E-state index in [1.807, 2.05) is 0 Å². The number of ether oxygens (including phenoxy) is 3. The van der Waals surface area contributed by atoms with Crippen LogP contribution < -0.4 is 0 Å². The maximum absolute atomic E-state index is 12.7. The standard InChI is InChI=1S/C49H94O6/c1-7-45(6)37-31-25-19-12-8-9-13-22-28-34-40-49(52)55-46(42-54-48(51)39-33-27-21-16-15-18-24-30-36-44(4)5)41-53-47(50)38-32-26-20-14-10-11-17-23-29-35-43(2)3/h43-46H,7-42H2,1-6H3/t45?,46-/m0/s1. The molecule has 0 fully saturated rings. The zero-order chi connectivity index (χ0) is 40.6. The highest BCUT2D eigenvalue weighted by molar-refractivity contribution is 5.71. The average molecular weight is 779 g/mol. The molecule has 2 atom stereocenters. The van der Waals surface area contributed by atoms with Crippen molar-refractivity contribution in [3.63, 3.8) is 0 Å². The Labute approximate surface area is 342 Å². The van der Waals surface area contributed by atoms with Crippen LogP contribution in [0.3, 0.4) is 0 Å². The topological polar surface area (TPSA) is 78.9 Å². The molecule has 0 aliphatic rings. The first kappa shape index (κ1) is 53.4. The Kier molecular flexibility index (Phi) is 39.4. The Morgan fingerprint density at radius 2 is 0.636 bits per heavy atom. The largest absolute Gasteiger partial charge is 0.462 e. The lowest BCUT2D eigenvalue weighted by atomic mass is 9.99. The second kappa shape index (κ2) is 40.6. The van der Waals surface area contributed by atoms with E-state index in [0.717, 1.165) is 75.5 Å². The van der Waals surface area contributed by atoms with Gasteiger partial charge in [-0.25, -0.2) is 0 Å². The van der Waals surface area contributed by atoms with E-state index in [2.05, 4.69) is 41.5 Å². The quantitative estimate of drug-likeness (QED) is 0.0349. The molecule has 0 amide bonds. The summed E-state index contributed by atoms with van der Waals surface area (Å²) >= 11 is 0. The van der Waals surface area contributed by atoms with Crippen molar-refractivity contribution in [1.82, 2.24) is 0 Å². The second-order valence-corrected chi connectivity index (χ2v) is 17.9. The normalized spacial score (nSPS) is 12.7. The molecule has 1 unspecified atom stereocenters. The summed E-state index contributed by atoms with van der Waals surface area (Å²) in [7, 11) is 0. The van der Waals surface area contributed by atoms with E-state index in [1.54, 1.807) is 0 Å². The molecule has 0 heterocycles. The van der Waals surface area contributed by atoms with Crippen molar-refractivity contribution in [2.24, 2.45) is 17.8 Å². The van der Waals surface area contributed by atoms with E-state index < -0.39 is 6.10 Å². The summed E-state index contributed by atoms with van der Waals surface area (Å²) in [6, 6.07) is 0. The minimum Gasteiger partial charge on any atom is -0.462 e. The molecular formula is C49H94O6. The first-order valence-electron chi connectivity index (χ1n) is 24.1. The lowest BCUT2D eigenvalue weighted by Crippen LogP contribution is -2.30. The van der Waals surface area contributed by atoms with Crippen molar-refractivity contribution in [2.75, 3.05) is 13.2 Å². The van der Waals surface area contributed by atoms with Crippen LogP contribution >= 0.6 is 0 Å². The van der Waals surface area contributed by atoms with E-state index in [4.69, 9.17) is 14.2 Å². The molecule has 0 rings (SSSR count). The molecular weight excluding hydrogens is 685 g/mol. The van der Waals surface area contributed by atoms with Gasteiger partial charge < -0.3 is 14.2 Å². The SMILES string of the molecule is CCC(C)CCCCCCCCCCCCC(=O)O[C@@H](COC(=O)CCCCCCCCCCCC(C)C)COC(=O)CCCCCCCCCCC(C)C. The number of hydrogen-bond donors (Lipinski definition) is 0. The molecule has 0 aromatic rings. The van der Waals surface area contributed by atoms with E-state index in [0.29, 0.717) is 19.3 Å². The molecule has 0 aliphatic carbocycles. The summed E-state index contributed by atoms with van der Waals surface area (Å²) in [5.74, 6) is 1.61. The molecule has 0 saturated heterocycles. The number of esters is 3. The van der Waals surface area contributed by atoms with Gasteiger partial charge in [-0.1, -0.05) is 221 Å². The van der Waals surface area contributed by atoms with E-state index in [9.17, 15) is 14.4 Å². The number of rotatable bonds is 42. The zero-order valence-corrected chi connectivity index (χ0v) is 37.7. The summed E-state index contributed by atoms with van der Waals surface area (Å²) in [5, 5.41) is 0. The van der Waals surface area contributed by atoms with Gasteiger partial charge in [0.05, 0.1) is 0 Å². The van der Waals surface area contributed by atoms with Crippen LogP contribution in [0.15, 0.2) is 0 Å². The molecule has 55 heavy (non-hydrogen) atoms. The summed E-state index contributed by atoms with van der Waals surface area (Å²) in [5.41, 5.74) is 0. The zero-order valence-electron chi connectivity index (χ0n) is 37.7. The fraction of sp³-hybridized carbons (Fsp3) is 0.939. The molecule has 0 aromatic heterocycles. The van der Waals surface area contributed by atoms with Gasteiger partial charge in [0.25, 0.3) is 0 Å². The molecule has 6 heteroatoms. The minimum atomic E-state index is -0.762. The Morgan fingerprint density at radius 3 is 0.945 bits per heavy atom. The minimum absolute atomic E-state index is 0.0660. The van der Waals surface area contributed by atoms with Gasteiger partial charge >= 0.3 is 17.9 Å². The van der Waals surface area contributed by atoms with Crippen molar-refractivity contribution in [3.8, 4) is 0 Å². The van der Waals surface area contributed by atoms with Crippen LogP contribution in [0.1, 0.15) is 260 Å². The monoisotopic (exact) mass is 779 g/mol. The van der Waals surface area contributed by atoms with Gasteiger partial charge in [-0.2, -0.15) is 0 Å². The van der Waals surface area contributed by atoms with Crippen molar-refractivity contribution in [1.29, 1.82) is 0 Å². The van der Waals surface area contributed by atoms with Crippen LogP contribution in [-0.2, 0) is 28.6 Å². The molecule has 0 saturated carbocycles. The third-order valence-electron chi connectivity index (χ3n) is 11.3. The highest BCUT2D eigenvalue weighted by Crippen LogP contribution is 2.17. The molecule has 0 spiro atoms. The maximum Gasteiger partial charge on any atom is 0.306 e. The highest BCUT2D eigenvalue weighted by atomic mass is 16.6. The maximum atomic E-state index is 12.7. The van der Waals surface area contributed by atoms with E-state index in [1.165, 1.54) is 141 Å². The summed E-state index contributed by atoms with van der Waals surface area (Å²) < 4.78 is 16.8. The number of carbonyl (C=O) groups excluding carboxylic acids is 3. The third-order valence-corrected chi connectivity index (χ3v) is 11.3. The smallest absolute Gasteiger partial charge is 0.306 e. The summed E-state index contributed by atoms with van der Waals surface area (Å²) in [6.07, 6.45) is 38.0. The van der Waals surface area contributed by atoms with Crippen molar-refractivity contribution >= 4 is 17.9 Å². The van der Waals surface area contributed by atoms with Gasteiger partial charge in [-0.15, -0.1) is 0 Å². The van der Waals surface area contributed by atoms with E-state index in [-0.39, 0.29) is 31.1 Å². The molecule has 0 aromatic carbocycles. The Balaban J connectivity index is 4.35. The Hall–Kier alpha value is -1.59. The average Bonchev–Trinajstić information content (AvgIpc) is 3.15. The van der Waals surface area contributed by atoms with Gasteiger partial charge in [0.15, 0.2) is 6.10 Å². The van der Waals surface area contributed by atoms with Crippen LogP contribution in [0.25, 0.3) is 0 Å². The van der Waals surface area contributed by atoms with E-state index >= 15 is 0 Å². The first-order chi connectivity index (χ1) is 26.6. The predicted molar refractivity (Wildman–Crippen MR) is 233 cm³/mol. The van der Waals surface area contributed by atoms with Gasteiger partial charge in [0.2, 0.25) is 0 Å². The lowest BCUT2D eigenvalue weighted by Gasteiger charge is -2.18. The Morgan fingerprint density at radius 1 is 0.364 bits per heavy atom. The molecule has 6 nitrogen and oxygen atoms in total. The number of carbonyl (C=O) groups is 3. The van der Waals surface area contributed by atoms with Crippen molar-refractivity contribution in [2.45, 2.75) is 266 Å².